The smallest absolute Gasteiger partial charge is 0.226 e. The van der Waals surface area contributed by atoms with Gasteiger partial charge in [-0.3, -0.25) is 4.79 Å². The van der Waals surface area contributed by atoms with E-state index in [1.165, 1.54) is 15.6 Å². The Labute approximate surface area is 116 Å². The molecule has 2 aromatic rings. The fourth-order valence-corrected chi connectivity index (χ4v) is 3.05. The van der Waals surface area contributed by atoms with Crippen molar-refractivity contribution >= 4 is 27.3 Å². The fourth-order valence-electron chi connectivity index (χ4n) is 2.09. The van der Waals surface area contributed by atoms with Crippen LogP contribution < -0.4 is 5.32 Å². The molecule has 2 rings (SSSR count). The summed E-state index contributed by atoms with van der Waals surface area (Å²) < 4.78 is 1.24. The number of hydrogen-bond donors (Lipinski definition) is 1. The number of amides is 1. The maximum atomic E-state index is 12.0. The van der Waals surface area contributed by atoms with Crippen LogP contribution in [0, 0.1) is 16.7 Å². The first kappa shape index (κ1) is 13.6. The van der Waals surface area contributed by atoms with Crippen molar-refractivity contribution in [1.29, 1.82) is 5.26 Å². The molecule has 0 bridgehead atoms. The number of nitriles is 1. The number of thiophene rings is 1. The zero-order chi connectivity index (χ0) is 13.9. The van der Waals surface area contributed by atoms with Crippen LogP contribution in [-0.4, -0.2) is 12.5 Å². The van der Waals surface area contributed by atoms with Crippen molar-refractivity contribution in [3.05, 3.63) is 35.2 Å². The van der Waals surface area contributed by atoms with Crippen molar-refractivity contribution in [3.63, 3.8) is 0 Å². The molecule has 1 aromatic heterocycles. The first-order valence-electron chi connectivity index (χ1n) is 6.15. The van der Waals surface area contributed by atoms with Crippen LogP contribution in [0.4, 0.5) is 0 Å². The molecule has 0 saturated heterocycles. The molecular formula is C15H16N2OS. The molecular weight excluding hydrogens is 256 g/mol. The Morgan fingerprint density at radius 1 is 1.42 bits per heavy atom. The minimum absolute atomic E-state index is 0.0622. The summed E-state index contributed by atoms with van der Waals surface area (Å²) in [5.74, 6) is -0.0793. The van der Waals surface area contributed by atoms with Gasteiger partial charge >= 0.3 is 0 Å². The molecule has 0 saturated carbocycles. The van der Waals surface area contributed by atoms with E-state index in [-0.39, 0.29) is 12.5 Å². The zero-order valence-corrected chi connectivity index (χ0v) is 11.9. The maximum Gasteiger partial charge on any atom is 0.226 e. The van der Waals surface area contributed by atoms with E-state index in [1.54, 1.807) is 11.3 Å². The van der Waals surface area contributed by atoms with E-state index in [0.717, 1.165) is 0 Å². The van der Waals surface area contributed by atoms with Gasteiger partial charge in [-0.15, -0.1) is 11.3 Å². The van der Waals surface area contributed by atoms with Gasteiger partial charge < -0.3 is 5.32 Å². The highest BCUT2D eigenvalue weighted by atomic mass is 32.1. The fraction of sp³-hybridized carbons (Fsp3) is 0.333. The predicted molar refractivity (Wildman–Crippen MR) is 77.9 cm³/mol. The molecule has 1 amide bonds. The van der Waals surface area contributed by atoms with E-state index in [9.17, 15) is 4.79 Å². The summed E-state index contributed by atoms with van der Waals surface area (Å²) in [6.07, 6.45) is 0.675. The molecule has 3 nitrogen and oxygen atoms in total. The van der Waals surface area contributed by atoms with Gasteiger partial charge in [0.1, 0.15) is 6.54 Å². The van der Waals surface area contributed by atoms with Gasteiger partial charge in [-0.25, -0.2) is 0 Å². The van der Waals surface area contributed by atoms with Crippen LogP contribution in [-0.2, 0) is 11.2 Å². The lowest BCUT2D eigenvalue weighted by Crippen LogP contribution is -2.38. The first-order valence-corrected chi connectivity index (χ1v) is 7.03. The van der Waals surface area contributed by atoms with Crippen LogP contribution in [0.1, 0.15) is 19.4 Å². The van der Waals surface area contributed by atoms with E-state index in [1.807, 2.05) is 32.0 Å². The molecule has 1 N–H and O–H groups in total. The van der Waals surface area contributed by atoms with Crippen molar-refractivity contribution in [3.8, 4) is 6.07 Å². The number of nitrogens with one attached hydrogen (secondary N) is 1. The van der Waals surface area contributed by atoms with Crippen LogP contribution in [0.25, 0.3) is 10.1 Å². The second-order valence-electron chi connectivity index (χ2n) is 5.16. The minimum Gasteiger partial charge on any atom is -0.343 e. The Morgan fingerprint density at radius 3 is 2.89 bits per heavy atom. The van der Waals surface area contributed by atoms with Crippen LogP contribution in [0.15, 0.2) is 29.6 Å². The topological polar surface area (TPSA) is 52.9 Å². The Bertz CT molecular complexity index is 637. The van der Waals surface area contributed by atoms with E-state index < -0.39 is 5.41 Å². The number of rotatable bonds is 4. The molecule has 19 heavy (non-hydrogen) atoms. The lowest BCUT2D eigenvalue weighted by molar-refractivity contribution is -0.129. The summed E-state index contributed by atoms with van der Waals surface area (Å²) in [7, 11) is 0. The number of nitrogens with zero attached hydrogens (tertiary/aromatic N) is 1. The van der Waals surface area contributed by atoms with Crippen LogP contribution in [0.2, 0.25) is 0 Å². The van der Waals surface area contributed by atoms with Crippen LogP contribution in [0.3, 0.4) is 0 Å². The number of hydrogen-bond acceptors (Lipinski definition) is 3. The largest absolute Gasteiger partial charge is 0.343 e. The molecule has 4 heteroatoms. The Hall–Kier alpha value is -1.86. The molecule has 1 heterocycles. The standard InChI is InChI=1S/C15H16N2OS/c1-15(2,14(18)17-8-7-16)9-11-10-19-13-6-4-3-5-12(11)13/h3-6,10H,8-9H2,1-2H3,(H,17,18). The van der Waals surface area contributed by atoms with Gasteiger partial charge in [-0.05, 0) is 28.8 Å². The summed E-state index contributed by atoms with van der Waals surface area (Å²) in [6.45, 7) is 3.88. The lowest BCUT2D eigenvalue weighted by Gasteiger charge is -2.22. The molecule has 0 atom stereocenters. The van der Waals surface area contributed by atoms with E-state index >= 15 is 0 Å². The van der Waals surface area contributed by atoms with Gasteiger partial charge in [-0.1, -0.05) is 32.0 Å². The monoisotopic (exact) mass is 272 g/mol. The first-order chi connectivity index (χ1) is 9.04. The molecule has 1 aromatic carbocycles. The van der Waals surface area contributed by atoms with Crippen molar-refractivity contribution in [1.82, 2.24) is 5.32 Å². The van der Waals surface area contributed by atoms with Gasteiger partial charge in [0.25, 0.3) is 0 Å². The van der Waals surface area contributed by atoms with E-state index in [2.05, 4.69) is 22.8 Å². The van der Waals surface area contributed by atoms with Crippen molar-refractivity contribution in [2.24, 2.45) is 5.41 Å². The predicted octanol–water partition coefficient (Wildman–Crippen LogP) is 3.11. The van der Waals surface area contributed by atoms with Crippen molar-refractivity contribution in [2.75, 3.05) is 6.54 Å². The minimum atomic E-state index is -0.513. The molecule has 0 fully saturated rings. The number of carbonyl (C=O) groups excluding carboxylic acids is 1. The average molecular weight is 272 g/mol. The third kappa shape index (κ3) is 2.94. The number of benzene rings is 1. The quantitative estimate of drug-likeness (QED) is 0.869. The van der Waals surface area contributed by atoms with E-state index in [4.69, 9.17) is 5.26 Å². The summed E-state index contributed by atoms with van der Waals surface area (Å²) in [5.41, 5.74) is 0.679. The molecule has 0 aliphatic heterocycles. The molecule has 0 radical (unpaired) electrons. The second kappa shape index (κ2) is 5.41. The highest BCUT2D eigenvalue weighted by Crippen LogP contribution is 2.31. The summed E-state index contributed by atoms with van der Waals surface area (Å²) >= 11 is 1.70. The average Bonchev–Trinajstić information content (AvgIpc) is 2.79. The SMILES string of the molecule is CC(C)(Cc1csc2ccccc12)C(=O)NCC#N. The highest BCUT2D eigenvalue weighted by Gasteiger charge is 2.28. The normalized spacial score (nSPS) is 11.2. The molecule has 0 aliphatic rings. The van der Waals surface area contributed by atoms with Gasteiger partial charge in [0.05, 0.1) is 6.07 Å². The molecule has 98 valence electrons. The van der Waals surface area contributed by atoms with E-state index in [0.29, 0.717) is 6.42 Å². The number of fused-ring (bicyclic) bond motifs is 1. The molecule has 0 spiro atoms. The second-order valence-corrected chi connectivity index (χ2v) is 6.07. The molecule has 0 unspecified atom stereocenters. The summed E-state index contributed by atoms with van der Waals surface area (Å²) in [5, 5.41) is 14.5. The Morgan fingerprint density at radius 2 is 2.16 bits per heavy atom. The lowest BCUT2D eigenvalue weighted by atomic mass is 9.84. The van der Waals surface area contributed by atoms with Crippen LogP contribution in [0.5, 0.6) is 0 Å². The Balaban J connectivity index is 2.20. The number of carbonyl (C=O) groups is 1. The van der Waals surface area contributed by atoms with Crippen LogP contribution >= 0.6 is 11.3 Å². The zero-order valence-electron chi connectivity index (χ0n) is 11.1. The van der Waals surface area contributed by atoms with Gasteiger partial charge in [0.2, 0.25) is 5.91 Å². The summed E-state index contributed by atoms with van der Waals surface area (Å²) in [4.78, 5) is 12.0. The maximum absolute atomic E-state index is 12.0. The highest BCUT2D eigenvalue weighted by molar-refractivity contribution is 7.17. The van der Waals surface area contributed by atoms with Gasteiger partial charge in [0.15, 0.2) is 0 Å². The third-order valence-electron chi connectivity index (χ3n) is 3.14. The van der Waals surface area contributed by atoms with Crippen molar-refractivity contribution < 1.29 is 4.79 Å². The van der Waals surface area contributed by atoms with Gasteiger partial charge in [-0.2, -0.15) is 5.26 Å². The Kier molecular flexibility index (Phi) is 3.87. The summed E-state index contributed by atoms with van der Waals surface area (Å²) in [6, 6.07) is 10.1. The third-order valence-corrected chi connectivity index (χ3v) is 4.15. The van der Waals surface area contributed by atoms with Crippen molar-refractivity contribution in [2.45, 2.75) is 20.3 Å². The van der Waals surface area contributed by atoms with Gasteiger partial charge in [0, 0.05) is 10.1 Å². The molecule has 0 aliphatic carbocycles.